The van der Waals surface area contributed by atoms with E-state index in [9.17, 15) is 0 Å². The fraction of sp³-hybridized carbons (Fsp3) is 0. The molecule has 0 aliphatic carbocycles. The van der Waals surface area contributed by atoms with Gasteiger partial charge >= 0.3 is 0 Å². The van der Waals surface area contributed by atoms with Crippen LogP contribution < -0.4 is 0 Å². The average Bonchev–Trinajstić information content (AvgIpc) is 3.73. The topological polar surface area (TPSA) is 35.6 Å². The summed E-state index contributed by atoms with van der Waals surface area (Å²) in [4.78, 5) is 9.92. The van der Waals surface area contributed by atoms with Crippen LogP contribution in [0.5, 0.6) is 0 Å². The average molecular weight is 663 g/mol. The maximum atomic E-state index is 5.04. The molecule has 52 heavy (non-hydrogen) atoms. The number of fused-ring (bicyclic) bond motifs is 9. The number of nitrogens with zero attached hydrogens (tertiary/aromatic N) is 4. The van der Waals surface area contributed by atoms with Gasteiger partial charge < -0.3 is 4.57 Å². The van der Waals surface area contributed by atoms with Gasteiger partial charge in [0.15, 0.2) is 0 Å². The molecule has 0 aliphatic rings. The highest BCUT2D eigenvalue weighted by Crippen LogP contribution is 2.40. The Labute approximate surface area is 299 Å². The van der Waals surface area contributed by atoms with Crippen molar-refractivity contribution in [3.8, 4) is 33.9 Å². The van der Waals surface area contributed by atoms with Crippen LogP contribution in [0.1, 0.15) is 0 Å². The molecular formula is C48H30N4. The molecule has 0 spiro atoms. The molecular weight excluding hydrogens is 633 g/mol. The molecule has 0 radical (unpaired) electrons. The van der Waals surface area contributed by atoms with Crippen LogP contribution in [-0.2, 0) is 0 Å². The van der Waals surface area contributed by atoms with Crippen LogP contribution >= 0.6 is 0 Å². The summed E-state index contributed by atoms with van der Waals surface area (Å²) in [5, 5.41) is 8.33. The van der Waals surface area contributed by atoms with E-state index in [2.05, 4.69) is 173 Å². The van der Waals surface area contributed by atoms with Gasteiger partial charge in [-0.3, -0.25) is 4.57 Å². The number of benzene rings is 8. The Balaban J connectivity index is 1.13. The summed E-state index contributed by atoms with van der Waals surface area (Å²) in [5.41, 5.74) is 11.4. The van der Waals surface area contributed by atoms with E-state index in [0.717, 1.165) is 33.2 Å². The minimum atomic E-state index is 0.672. The second-order valence-corrected chi connectivity index (χ2v) is 13.5. The van der Waals surface area contributed by atoms with Crippen molar-refractivity contribution >= 4 is 65.3 Å². The number of hydrogen-bond acceptors (Lipinski definition) is 2. The summed E-state index contributed by atoms with van der Waals surface area (Å²) in [6.45, 7) is 0. The Morgan fingerprint density at radius 2 is 1.00 bits per heavy atom. The smallest absolute Gasteiger partial charge is 0.235 e. The van der Waals surface area contributed by atoms with E-state index in [1.807, 2.05) is 18.3 Å². The van der Waals surface area contributed by atoms with Crippen molar-refractivity contribution in [3.63, 3.8) is 0 Å². The Bertz CT molecular complexity index is 3170. The molecule has 0 aliphatic heterocycles. The molecule has 242 valence electrons. The summed E-state index contributed by atoms with van der Waals surface area (Å²) < 4.78 is 4.62. The lowest BCUT2D eigenvalue weighted by Gasteiger charge is -2.11. The first-order chi connectivity index (χ1) is 25.8. The van der Waals surface area contributed by atoms with Crippen molar-refractivity contribution in [1.82, 2.24) is 19.1 Å². The number of aromatic nitrogens is 4. The molecule has 4 heteroatoms. The van der Waals surface area contributed by atoms with Crippen LogP contribution in [-0.4, -0.2) is 19.1 Å². The Morgan fingerprint density at radius 3 is 1.88 bits per heavy atom. The van der Waals surface area contributed by atoms with E-state index >= 15 is 0 Å². The van der Waals surface area contributed by atoms with E-state index in [1.54, 1.807) is 0 Å². The zero-order valence-corrected chi connectivity index (χ0v) is 28.1. The van der Waals surface area contributed by atoms with Gasteiger partial charge in [-0.15, -0.1) is 0 Å². The normalized spacial score (nSPS) is 11.8. The molecule has 4 nitrogen and oxygen atoms in total. The van der Waals surface area contributed by atoms with Gasteiger partial charge in [-0.2, -0.15) is 0 Å². The highest BCUT2D eigenvalue weighted by molar-refractivity contribution is 6.22. The van der Waals surface area contributed by atoms with E-state index in [1.165, 1.54) is 60.0 Å². The summed E-state index contributed by atoms with van der Waals surface area (Å²) in [6, 6.07) is 63.1. The fourth-order valence-electron chi connectivity index (χ4n) is 8.12. The van der Waals surface area contributed by atoms with Gasteiger partial charge in [-0.25, -0.2) is 9.97 Å². The maximum absolute atomic E-state index is 5.04. The zero-order chi connectivity index (χ0) is 34.2. The second kappa shape index (κ2) is 11.2. The van der Waals surface area contributed by atoms with Gasteiger partial charge in [0.2, 0.25) is 5.95 Å². The van der Waals surface area contributed by atoms with Crippen molar-refractivity contribution in [3.05, 3.63) is 182 Å². The minimum Gasteiger partial charge on any atom is -0.309 e. The van der Waals surface area contributed by atoms with Gasteiger partial charge in [0.05, 0.1) is 27.6 Å². The summed E-state index contributed by atoms with van der Waals surface area (Å²) in [6.07, 6.45) is 1.92. The molecule has 8 aromatic carbocycles. The van der Waals surface area contributed by atoms with Crippen molar-refractivity contribution in [2.45, 2.75) is 0 Å². The molecule has 0 bridgehead atoms. The van der Waals surface area contributed by atoms with Crippen LogP contribution in [0, 0.1) is 0 Å². The first-order valence-corrected chi connectivity index (χ1v) is 17.7. The van der Waals surface area contributed by atoms with Crippen molar-refractivity contribution in [2.75, 3.05) is 0 Å². The van der Waals surface area contributed by atoms with E-state index in [-0.39, 0.29) is 0 Å². The standard InChI is InChI=1S/C48H30N4/c1-2-10-31(11-3-1)32-18-23-37(24-19-32)51-43-17-9-7-15-39(43)40-25-20-35(29-46(40)51)34-22-26-44-41(28-34)47-38-14-6-4-12-33(38)21-27-45(47)52(44)48-49-30-36-13-5-8-16-42(36)50-48/h1-30H. The largest absolute Gasteiger partial charge is 0.309 e. The lowest BCUT2D eigenvalue weighted by atomic mass is 9.99. The van der Waals surface area contributed by atoms with Crippen molar-refractivity contribution in [2.24, 2.45) is 0 Å². The fourth-order valence-corrected chi connectivity index (χ4v) is 8.12. The van der Waals surface area contributed by atoms with Crippen LogP contribution in [0.3, 0.4) is 0 Å². The Kier molecular flexibility index (Phi) is 6.22. The first kappa shape index (κ1) is 28.8. The van der Waals surface area contributed by atoms with Crippen molar-refractivity contribution < 1.29 is 0 Å². The molecule has 0 saturated carbocycles. The molecule has 0 saturated heterocycles. The maximum Gasteiger partial charge on any atom is 0.235 e. The molecule has 0 amide bonds. The van der Waals surface area contributed by atoms with Gasteiger partial charge in [0, 0.05) is 38.8 Å². The highest BCUT2D eigenvalue weighted by Gasteiger charge is 2.19. The summed E-state index contributed by atoms with van der Waals surface area (Å²) >= 11 is 0. The third-order valence-electron chi connectivity index (χ3n) is 10.6. The predicted octanol–water partition coefficient (Wildman–Crippen LogP) is 12.3. The first-order valence-electron chi connectivity index (χ1n) is 17.7. The molecule has 3 aromatic heterocycles. The molecule has 11 aromatic rings. The predicted molar refractivity (Wildman–Crippen MR) is 217 cm³/mol. The quantitative estimate of drug-likeness (QED) is 0.188. The van der Waals surface area contributed by atoms with Gasteiger partial charge in [-0.1, -0.05) is 127 Å². The monoisotopic (exact) mass is 662 g/mol. The number of rotatable bonds is 4. The van der Waals surface area contributed by atoms with E-state index in [0.29, 0.717) is 5.95 Å². The van der Waals surface area contributed by atoms with Gasteiger partial charge in [0.25, 0.3) is 0 Å². The van der Waals surface area contributed by atoms with Crippen LogP contribution in [0.2, 0.25) is 0 Å². The molecule has 11 rings (SSSR count). The minimum absolute atomic E-state index is 0.672. The van der Waals surface area contributed by atoms with Gasteiger partial charge in [0.1, 0.15) is 0 Å². The van der Waals surface area contributed by atoms with E-state index < -0.39 is 0 Å². The molecule has 0 N–H and O–H groups in total. The second-order valence-electron chi connectivity index (χ2n) is 13.5. The highest BCUT2D eigenvalue weighted by atomic mass is 15.2. The molecule has 3 heterocycles. The van der Waals surface area contributed by atoms with Crippen LogP contribution in [0.15, 0.2) is 182 Å². The van der Waals surface area contributed by atoms with Crippen LogP contribution in [0.4, 0.5) is 0 Å². The summed E-state index contributed by atoms with van der Waals surface area (Å²) in [5.74, 6) is 0.672. The Morgan fingerprint density at radius 1 is 0.365 bits per heavy atom. The van der Waals surface area contributed by atoms with Crippen LogP contribution in [0.25, 0.3) is 99.2 Å². The van der Waals surface area contributed by atoms with Gasteiger partial charge in [-0.05, 0) is 81.6 Å². The molecule has 0 unspecified atom stereocenters. The number of para-hydroxylation sites is 2. The molecule has 0 atom stereocenters. The van der Waals surface area contributed by atoms with Crippen molar-refractivity contribution in [1.29, 1.82) is 0 Å². The third-order valence-corrected chi connectivity index (χ3v) is 10.6. The Hall–Kier alpha value is -7.04. The third kappa shape index (κ3) is 4.34. The lowest BCUT2D eigenvalue weighted by Crippen LogP contribution is -2.00. The summed E-state index contributed by atoms with van der Waals surface area (Å²) in [7, 11) is 0. The molecule has 0 fully saturated rings. The zero-order valence-electron chi connectivity index (χ0n) is 28.1. The SMILES string of the molecule is c1ccc(-c2ccc(-n3c4ccccc4c4ccc(-c5ccc6c(c5)c5c7ccccc7ccc5n6-c5ncc6ccccc6n5)cc43)cc2)cc1. The number of hydrogen-bond donors (Lipinski definition) is 0. The van der Waals surface area contributed by atoms with E-state index in [4.69, 9.17) is 9.97 Å². The lowest BCUT2D eigenvalue weighted by molar-refractivity contribution is 1.01.